The van der Waals surface area contributed by atoms with Crippen molar-refractivity contribution in [1.29, 1.82) is 0 Å². The van der Waals surface area contributed by atoms with Crippen LogP contribution in [0.25, 0.3) is 0 Å². The number of rotatable bonds is 4. The molecule has 0 aliphatic carbocycles. The molecule has 38 heavy (non-hydrogen) atoms. The Labute approximate surface area is 214 Å². The lowest BCUT2D eigenvalue weighted by molar-refractivity contribution is -0.138. The Hall–Kier alpha value is -4.06. The minimum Gasteiger partial charge on any atom is -0.365 e. The van der Waals surface area contributed by atoms with E-state index in [1.807, 2.05) is 12.1 Å². The zero-order valence-corrected chi connectivity index (χ0v) is 19.7. The summed E-state index contributed by atoms with van der Waals surface area (Å²) < 4.78 is 80.8. The molecule has 0 bridgehead atoms. The summed E-state index contributed by atoms with van der Waals surface area (Å²) in [5.41, 5.74) is 0.891. The van der Waals surface area contributed by atoms with Gasteiger partial charge in [0.2, 0.25) is 0 Å². The molecule has 3 aromatic rings. The van der Waals surface area contributed by atoms with Crippen LogP contribution in [0.3, 0.4) is 0 Å². The third-order valence-electron chi connectivity index (χ3n) is 6.24. The van der Waals surface area contributed by atoms with Gasteiger partial charge in [0.05, 0.1) is 16.8 Å². The molecular formula is C26H22F6N6. The summed E-state index contributed by atoms with van der Waals surface area (Å²) in [5.74, 6) is -0.324. The highest BCUT2D eigenvalue weighted by Crippen LogP contribution is 2.38. The Morgan fingerprint density at radius 2 is 1.63 bits per heavy atom. The molecule has 0 saturated heterocycles. The minimum atomic E-state index is -4.67. The zero-order valence-electron chi connectivity index (χ0n) is 19.7. The van der Waals surface area contributed by atoms with E-state index in [0.29, 0.717) is 17.9 Å². The summed E-state index contributed by atoms with van der Waals surface area (Å²) >= 11 is 0. The number of alkyl halides is 6. The first kappa shape index (κ1) is 25.6. The molecule has 2 aliphatic rings. The molecule has 0 amide bonds. The molecule has 2 aliphatic heterocycles. The Morgan fingerprint density at radius 3 is 2.32 bits per heavy atom. The van der Waals surface area contributed by atoms with Gasteiger partial charge >= 0.3 is 12.4 Å². The maximum atomic E-state index is 13.9. The van der Waals surface area contributed by atoms with Crippen molar-refractivity contribution in [3.8, 4) is 0 Å². The van der Waals surface area contributed by atoms with Gasteiger partial charge in [0, 0.05) is 42.9 Å². The molecule has 3 N–H and O–H groups in total. The minimum absolute atomic E-state index is 0.242. The Bertz CT molecular complexity index is 1330. The molecule has 2 atom stereocenters. The molecule has 0 fully saturated rings. The summed E-state index contributed by atoms with van der Waals surface area (Å²) in [5, 5.41) is 9.76. The predicted octanol–water partition coefficient (Wildman–Crippen LogP) is 5.82. The standard InChI is InChI=1S/C26H22F6N6/c27-25(28,29)17-6-8-18(9-7-17)36-22-14-16-15-35-23(21-5-1-2-11-33-21)37-20(16)10-13-38(22)24-19(26(30,31)32)4-3-12-34-24/h1-13,22-23,35-37H,14-15H2. The average Bonchev–Trinajstić information content (AvgIpc) is 3.07. The van der Waals surface area contributed by atoms with Gasteiger partial charge in [0.15, 0.2) is 0 Å². The van der Waals surface area contributed by atoms with E-state index < -0.39 is 29.6 Å². The van der Waals surface area contributed by atoms with E-state index in [4.69, 9.17) is 0 Å². The van der Waals surface area contributed by atoms with Crippen molar-refractivity contribution in [2.45, 2.75) is 31.1 Å². The van der Waals surface area contributed by atoms with Crippen molar-refractivity contribution >= 4 is 11.5 Å². The topological polar surface area (TPSA) is 65.1 Å². The third-order valence-corrected chi connectivity index (χ3v) is 6.24. The summed E-state index contributed by atoms with van der Waals surface area (Å²) in [7, 11) is 0. The number of nitrogens with zero attached hydrogens (tertiary/aromatic N) is 3. The van der Waals surface area contributed by atoms with Gasteiger partial charge in [-0.3, -0.25) is 10.3 Å². The van der Waals surface area contributed by atoms with Crippen molar-refractivity contribution < 1.29 is 26.3 Å². The van der Waals surface area contributed by atoms with E-state index in [1.165, 1.54) is 35.5 Å². The van der Waals surface area contributed by atoms with Gasteiger partial charge in [-0.1, -0.05) is 6.07 Å². The maximum absolute atomic E-state index is 13.9. The number of nitrogens with one attached hydrogen (secondary N) is 3. The highest BCUT2D eigenvalue weighted by Gasteiger charge is 2.38. The molecule has 0 saturated carbocycles. The van der Waals surface area contributed by atoms with Crippen molar-refractivity contribution in [2.75, 3.05) is 16.8 Å². The highest BCUT2D eigenvalue weighted by atomic mass is 19.4. The molecule has 0 radical (unpaired) electrons. The molecule has 6 nitrogen and oxygen atoms in total. The summed E-state index contributed by atoms with van der Waals surface area (Å²) in [4.78, 5) is 9.74. The smallest absolute Gasteiger partial charge is 0.365 e. The largest absolute Gasteiger partial charge is 0.419 e. The van der Waals surface area contributed by atoms with Gasteiger partial charge < -0.3 is 15.5 Å². The van der Waals surface area contributed by atoms with E-state index in [1.54, 1.807) is 18.3 Å². The second-order valence-corrected chi connectivity index (χ2v) is 8.76. The Balaban J connectivity index is 1.50. The monoisotopic (exact) mass is 532 g/mol. The van der Waals surface area contributed by atoms with Crippen LogP contribution in [0.4, 0.5) is 37.8 Å². The number of hydrogen-bond donors (Lipinski definition) is 3. The first-order valence-electron chi connectivity index (χ1n) is 11.6. The van der Waals surface area contributed by atoms with E-state index >= 15 is 0 Å². The summed E-state index contributed by atoms with van der Waals surface area (Å²) in [6.07, 6.45) is -3.93. The lowest BCUT2D eigenvalue weighted by atomic mass is 10.0. The molecule has 4 heterocycles. The number of benzene rings is 1. The van der Waals surface area contributed by atoms with Crippen LogP contribution in [-0.2, 0) is 12.4 Å². The van der Waals surface area contributed by atoms with Gasteiger partial charge in [-0.2, -0.15) is 26.3 Å². The first-order valence-corrected chi connectivity index (χ1v) is 11.6. The van der Waals surface area contributed by atoms with Gasteiger partial charge in [0.1, 0.15) is 18.1 Å². The van der Waals surface area contributed by atoms with Gasteiger partial charge in [-0.25, -0.2) is 4.98 Å². The normalized spacial score (nSPS) is 20.0. The van der Waals surface area contributed by atoms with Crippen molar-refractivity contribution in [3.05, 3.63) is 107 Å². The van der Waals surface area contributed by atoms with Crippen LogP contribution in [0.2, 0.25) is 0 Å². The molecule has 198 valence electrons. The van der Waals surface area contributed by atoms with E-state index in [2.05, 4.69) is 25.9 Å². The summed E-state index contributed by atoms with van der Waals surface area (Å²) in [6.45, 7) is 0.418. The van der Waals surface area contributed by atoms with Crippen LogP contribution in [0.15, 0.2) is 90.5 Å². The van der Waals surface area contributed by atoms with Gasteiger partial charge in [-0.05, 0) is 60.2 Å². The van der Waals surface area contributed by atoms with Crippen LogP contribution >= 0.6 is 0 Å². The maximum Gasteiger partial charge on any atom is 0.419 e. The average molecular weight is 532 g/mol. The second-order valence-electron chi connectivity index (χ2n) is 8.76. The van der Waals surface area contributed by atoms with Crippen LogP contribution in [0.5, 0.6) is 0 Å². The predicted molar refractivity (Wildman–Crippen MR) is 129 cm³/mol. The zero-order chi connectivity index (χ0) is 26.9. The molecule has 0 spiro atoms. The second kappa shape index (κ2) is 10.0. The fourth-order valence-electron chi connectivity index (χ4n) is 4.40. The third kappa shape index (κ3) is 5.44. The van der Waals surface area contributed by atoms with E-state index in [0.717, 1.165) is 29.5 Å². The van der Waals surface area contributed by atoms with Crippen LogP contribution in [0.1, 0.15) is 29.4 Å². The molecule has 12 heteroatoms. The first-order chi connectivity index (χ1) is 18.1. The summed E-state index contributed by atoms with van der Waals surface area (Å²) in [6, 6.07) is 12.0. The number of allylic oxidation sites excluding steroid dienone is 1. The Morgan fingerprint density at radius 1 is 0.868 bits per heavy atom. The fourth-order valence-corrected chi connectivity index (χ4v) is 4.40. The van der Waals surface area contributed by atoms with Gasteiger partial charge in [-0.15, -0.1) is 0 Å². The number of aromatic nitrogens is 2. The van der Waals surface area contributed by atoms with Crippen LogP contribution in [0, 0.1) is 0 Å². The number of pyridine rings is 2. The van der Waals surface area contributed by atoms with Crippen molar-refractivity contribution in [1.82, 2.24) is 20.6 Å². The van der Waals surface area contributed by atoms with Gasteiger partial charge in [0.25, 0.3) is 0 Å². The molecule has 2 unspecified atom stereocenters. The molecular weight excluding hydrogens is 510 g/mol. The number of anilines is 2. The van der Waals surface area contributed by atoms with E-state index in [-0.39, 0.29) is 18.4 Å². The molecule has 5 rings (SSSR count). The number of halogens is 6. The van der Waals surface area contributed by atoms with Crippen LogP contribution in [-0.4, -0.2) is 22.7 Å². The van der Waals surface area contributed by atoms with Crippen molar-refractivity contribution in [3.63, 3.8) is 0 Å². The highest BCUT2D eigenvalue weighted by molar-refractivity contribution is 5.57. The van der Waals surface area contributed by atoms with Crippen LogP contribution < -0.4 is 20.9 Å². The Kier molecular flexibility index (Phi) is 6.74. The molecule has 1 aromatic carbocycles. The molecule has 2 aromatic heterocycles. The number of hydrogen-bond acceptors (Lipinski definition) is 6. The fraction of sp³-hybridized carbons (Fsp3) is 0.231. The van der Waals surface area contributed by atoms with E-state index in [9.17, 15) is 26.3 Å². The van der Waals surface area contributed by atoms with Crippen molar-refractivity contribution in [2.24, 2.45) is 0 Å². The lowest BCUT2D eigenvalue weighted by Gasteiger charge is -2.33. The quantitative estimate of drug-likeness (QED) is 0.368. The SMILES string of the molecule is FC(F)(F)c1ccc(NC2CC3=C(C=CN2c2ncccc2C(F)(F)F)NC(c2ccccn2)NC3)cc1. The lowest BCUT2D eigenvalue weighted by Crippen LogP contribution is -2.43.